The van der Waals surface area contributed by atoms with Crippen LogP contribution in [0.25, 0.3) is 0 Å². The lowest BCUT2D eigenvalue weighted by Gasteiger charge is -2.09. The van der Waals surface area contributed by atoms with Crippen LogP contribution < -0.4 is 16.0 Å². The first-order valence-corrected chi connectivity index (χ1v) is 8.62. The van der Waals surface area contributed by atoms with E-state index in [1.165, 1.54) is 5.56 Å². The lowest BCUT2D eigenvalue weighted by molar-refractivity contribution is -0.115. The SMILES string of the molecule is CCCNC(=O)c1cccc(NC(=O)CNCCc2ccccc2)c1. The largest absolute Gasteiger partial charge is 0.352 e. The van der Waals surface area contributed by atoms with E-state index in [1.807, 2.05) is 25.1 Å². The molecule has 0 fully saturated rings. The van der Waals surface area contributed by atoms with Crippen molar-refractivity contribution >= 4 is 17.5 Å². The van der Waals surface area contributed by atoms with Crippen LogP contribution in [0.1, 0.15) is 29.3 Å². The first kappa shape index (κ1) is 18.7. The molecule has 0 atom stereocenters. The maximum absolute atomic E-state index is 12.0. The van der Waals surface area contributed by atoms with Gasteiger partial charge in [-0.3, -0.25) is 9.59 Å². The van der Waals surface area contributed by atoms with Crippen LogP contribution in [0.2, 0.25) is 0 Å². The van der Waals surface area contributed by atoms with Crippen molar-refractivity contribution in [1.82, 2.24) is 10.6 Å². The van der Waals surface area contributed by atoms with E-state index in [2.05, 4.69) is 28.1 Å². The van der Waals surface area contributed by atoms with Gasteiger partial charge < -0.3 is 16.0 Å². The molecule has 0 bridgehead atoms. The van der Waals surface area contributed by atoms with Gasteiger partial charge in [0, 0.05) is 17.8 Å². The van der Waals surface area contributed by atoms with Gasteiger partial charge in [0.05, 0.1) is 6.54 Å². The van der Waals surface area contributed by atoms with Gasteiger partial charge in [-0.25, -0.2) is 0 Å². The highest BCUT2D eigenvalue weighted by atomic mass is 16.2. The second-order valence-corrected chi connectivity index (χ2v) is 5.80. The molecule has 0 spiro atoms. The van der Waals surface area contributed by atoms with Gasteiger partial charge in [0.2, 0.25) is 5.91 Å². The van der Waals surface area contributed by atoms with Gasteiger partial charge >= 0.3 is 0 Å². The summed E-state index contributed by atoms with van der Waals surface area (Å²) in [6.45, 7) is 3.61. The highest BCUT2D eigenvalue weighted by molar-refractivity contribution is 5.97. The van der Waals surface area contributed by atoms with Crippen molar-refractivity contribution in [3.8, 4) is 0 Å². The number of rotatable bonds is 9. The molecule has 2 amide bonds. The van der Waals surface area contributed by atoms with E-state index in [9.17, 15) is 9.59 Å². The van der Waals surface area contributed by atoms with Crippen LogP contribution in [0.15, 0.2) is 54.6 Å². The first-order chi connectivity index (χ1) is 12.2. The Balaban J connectivity index is 1.75. The summed E-state index contributed by atoms with van der Waals surface area (Å²) < 4.78 is 0. The third-order valence-electron chi connectivity index (χ3n) is 3.66. The van der Waals surface area contributed by atoms with E-state index in [0.717, 1.165) is 19.4 Å². The smallest absolute Gasteiger partial charge is 0.251 e. The Morgan fingerprint density at radius 1 is 0.960 bits per heavy atom. The molecular weight excluding hydrogens is 314 g/mol. The Morgan fingerprint density at radius 2 is 1.76 bits per heavy atom. The molecule has 0 saturated carbocycles. The summed E-state index contributed by atoms with van der Waals surface area (Å²) >= 11 is 0. The lowest BCUT2D eigenvalue weighted by Crippen LogP contribution is -2.29. The highest BCUT2D eigenvalue weighted by Gasteiger charge is 2.07. The fourth-order valence-corrected chi connectivity index (χ4v) is 2.36. The molecule has 132 valence electrons. The number of hydrogen-bond donors (Lipinski definition) is 3. The Labute approximate surface area is 148 Å². The number of benzene rings is 2. The number of carbonyl (C=O) groups excluding carboxylic acids is 2. The van der Waals surface area contributed by atoms with E-state index in [0.29, 0.717) is 17.8 Å². The highest BCUT2D eigenvalue weighted by Crippen LogP contribution is 2.10. The standard InChI is InChI=1S/C20H25N3O2/c1-2-12-22-20(25)17-9-6-10-18(14-17)23-19(24)15-21-13-11-16-7-4-3-5-8-16/h3-10,14,21H,2,11-13,15H2,1H3,(H,22,25)(H,23,24). The van der Waals surface area contributed by atoms with Gasteiger partial charge in [0.15, 0.2) is 0 Å². The van der Waals surface area contributed by atoms with E-state index >= 15 is 0 Å². The molecule has 0 saturated heterocycles. The molecule has 2 aromatic carbocycles. The van der Waals surface area contributed by atoms with Crippen molar-refractivity contribution in [1.29, 1.82) is 0 Å². The minimum atomic E-state index is -0.126. The maximum atomic E-state index is 12.0. The number of nitrogens with one attached hydrogen (secondary N) is 3. The van der Waals surface area contributed by atoms with Crippen LogP contribution in [0.3, 0.4) is 0 Å². The summed E-state index contributed by atoms with van der Waals surface area (Å²) in [7, 11) is 0. The van der Waals surface area contributed by atoms with E-state index in [1.54, 1.807) is 24.3 Å². The van der Waals surface area contributed by atoms with Crippen LogP contribution in [-0.2, 0) is 11.2 Å². The van der Waals surface area contributed by atoms with Crippen LogP contribution in [0.5, 0.6) is 0 Å². The van der Waals surface area contributed by atoms with Crippen molar-refractivity contribution in [2.75, 3.05) is 25.0 Å². The van der Waals surface area contributed by atoms with Crippen molar-refractivity contribution in [2.45, 2.75) is 19.8 Å². The number of hydrogen-bond acceptors (Lipinski definition) is 3. The predicted molar refractivity (Wildman–Crippen MR) is 101 cm³/mol. The van der Waals surface area contributed by atoms with Crippen molar-refractivity contribution in [3.63, 3.8) is 0 Å². The molecule has 0 heterocycles. The van der Waals surface area contributed by atoms with Crippen molar-refractivity contribution in [3.05, 3.63) is 65.7 Å². The summed E-state index contributed by atoms with van der Waals surface area (Å²) in [6.07, 6.45) is 1.76. The fraction of sp³-hybridized carbons (Fsp3) is 0.300. The molecule has 0 aliphatic heterocycles. The normalized spacial score (nSPS) is 10.3. The van der Waals surface area contributed by atoms with E-state index in [4.69, 9.17) is 0 Å². The molecule has 2 rings (SSSR count). The van der Waals surface area contributed by atoms with Crippen LogP contribution in [0, 0.1) is 0 Å². The first-order valence-electron chi connectivity index (χ1n) is 8.62. The summed E-state index contributed by atoms with van der Waals surface area (Å²) in [6, 6.07) is 17.1. The second-order valence-electron chi connectivity index (χ2n) is 5.80. The minimum Gasteiger partial charge on any atom is -0.352 e. The molecule has 2 aromatic rings. The molecule has 0 aliphatic rings. The zero-order valence-corrected chi connectivity index (χ0v) is 14.5. The van der Waals surface area contributed by atoms with Crippen LogP contribution in [0.4, 0.5) is 5.69 Å². The molecular formula is C20H25N3O2. The molecule has 0 aliphatic carbocycles. The molecule has 5 nitrogen and oxygen atoms in total. The van der Waals surface area contributed by atoms with Gasteiger partial charge in [0.25, 0.3) is 5.91 Å². The molecule has 3 N–H and O–H groups in total. The summed E-state index contributed by atoms with van der Waals surface area (Å²) in [5.74, 6) is -0.252. The fourth-order valence-electron chi connectivity index (χ4n) is 2.36. The quantitative estimate of drug-likeness (QED) is 0.615. The molecule has 25 heavy (non-hydrogen) atoms. The van der Waals surface area contributed by atoms with Gasteiger partial charge in [-0.2, -0.15) is 0 Å². The molecule has 5 heteroatoms. The Kier molecular flexibility index (Phi) is 7.66. The second kappa shape index (κ2) is 10.3. The number of anilines is 1. The zero-order valence-electron chi connectivity index (χ0n) is 14.5. The zero-order chi connectivity index (χ0) is 17.9. The van der Waals surface area contributed by atoms with E-state index in [-0.39, 0.29) is 18.4 Å². The average Bonchev–Trinajstić information content (AvgIpc) is 2.64. The van der Waals surface area contributed by atoms with Crippen LogP contribution >= 0.6 is 0 Å². The van der Waals surface area contributed by atoms with Crippen molar-refractivity contribution in [2.24, 2.45) is 0 Å². The molecule has 0 aromatic heterocycles. The Morgan fingerprint density at radius 3 is 2.52 bits per heavy atom. The third kappa shape index (κ3) is 6.77. The minimum absolute atomic E-state index is 0.126. The topological polar surface area (TPSA) is 70.2 Å². The van der Waals surface area contributed by atoms with Gasteiger partial charge in [-0.15, -0.1) is 0 Å². The third-order valence-corrected chi connectivity index (χ3v) is 3.66. The lowest BCUT2D eigenvalue weighted by atomic mass is 10.1. The monoisotopic (exact) mass is 339 g/mol. The molecule has 0 unspecified atom stereocenters. The summed E-state index contributed by atoms with van der Waals surface area (Å²) in [5, 5.41) is 8.76. The predicted octanol–water partition coefficient (Wildman–Crippen LogP) is 2.60. The van der Waals surface area contributed by atoms with E-state index < -0.39 is 0 Å². The number of amides is 2. The van der Waals surface area contributed by atoms with Gasteiger partial charge in [-0.1, -0.05) is 43.3 Å². The maximum Gasteiger partial charge on any atom is 0.251 e. The molecule has 0 radical (unpaired) electrons. The number of carbonyl (C=O) groups is 2. The summed E-state index contributed by atoms with van der Waals surface area (Å²) in [4.78, 5) is 24.0. The van der Waals surface area contributed by atoms with Gasteiger partial charge in [0.1, 0.15) is 0 Å². The van der Waals surface area contributed by atoms with Crippen LogP contribution in [-0.4, -0.2) is 31.4 Å². The van der Waals surface area contributed by atoms with Crippen molar-refractivity contribution < 1.29 is 9.59 Å². The average molecular weight is 339 g/mol. The Hall–Kier alpha value is -2.66. The summed E-state index contributed by atoms with van der Waals surface area (Å²) in [5.41, 5.74) is 2.41. The Bertz CT molecular complexity index is 686. The van der Waals surface area contributed by atoms with Gasteiger partial charge in [-0.05, 0) is 43.1 Å².